The van der Waals surface area contributed by atoms with Gasteiger partial charge in [0.15, 0.2) is 0 Å². The maximum atomic E-state index is 3.26. The molecule has 0 amide bonds. The minimum Gasteiger partial charge on any atom is -0.288 e. The van der Waals surface area contributed by atoms with E-state index >= 15 is 0 Å². The lowest BCUT2D eigenvalue weighted by molar-refractivity contribution is 0.126. The third-order valence-corrected chi connectivity index (χ3v) is 4.14. The number of hydrogen-bond donors (Lipinski definition) is 0. The summed E-state index contributed by atoms with van der Waals surface area (Å²) < 4.78 is 0. The van der Waals surface area contributed by atoms with Gasteiger partial charge in [0, 0.05) is 23.5 Å². The predicted molar refractivity (Wildman–Crippen MR) is 95.6 cm³/mol. The molecule has 22 heavy (non-hydrogen) atoms. The van der Waals surface area contributed by atoms with Crippen LogP contribution in [0.3, 0.4) is 0 Å². The number of allylic oxidation sites excluding steroid dienone is 1. The molecule has 0 heterocycles. The van der Waals surface area contributed by atoms with E-state index < -0.39 is 0 Å². The molecule has 1 aromatic rings. The van der Waals surface area contributed by atoms with Crippen LogP contribution in [0.25, 0.3) is 0 Å². The van der Waals surface area contributed by atoms with Gasteiger partial charge < -0.3 is 0 Å². The zero-order chi connectivity index (χ0) is 16.2. The van der Waals surface area contributed by atoms with Crippen molar-refractivity contribution >= 4 is 0 Å². The number of hydrogen-bond acceptors (Lipinski definition) is 1. The Morgan fingerprint density at radius 1 is 1.09 bits per heavy atom. The molecule has 0 saturated heterocycles. The predicted octanol–water partition coefficient (Wildman–Crippen LogP) is 4.99. The highest BCUT2D eigenvalue weighted by atomic mass is 15.2. The molecule has 0 radical (unpaired) electrons. The molecule has 0 unspecified atom stereocenters. The van der Waals surface area contributed by atoms with Crippen molar-refractivity contribution in [1.29, 1.82) is 0 Å². The number of rotatable bonds is 5. The molecule has 0 aliphatic heterocycles. The summed E-state index contributed by atoms with van der Waals surface area (Å²) in [6, 6.07) is 11.5. The van der Waals surface area contributed by atoms with Crippen LogP contribution in [0.5, 0.6) is 0 Å². The first-order valence-corrected chi connectivity index (χ1v) is 8.31. The van der Waals surface area contributed by atoms with Gasteiger partial charge in [0.25, 0.3) is 0 Å². The molecule has 1 nitrogen and oxygen atoms in total. The van der Waals surface area contributed by atoms with Gasteiger partial charge in [0.1, 0.15) is 0 Å². The van der Waals surface area contributed by atoms with E-state index in [1.807, 2.05) is 6.08 Å². The van der Waals surface area contributed by atoms with Gasteiger partial charge in [-0.25, -0.2) is 0 Å². The molecule has 0 bridgehead atoms. The van der Waals surface area contributed by atoms with E-state index in [-0.39, 0.29) is 11.0 Å². The van der Waals surface area contributed by atoms with Crippen LogP contribution < -0.4 is 0 Å². The zero-order valence-electron chi connectivity index (χ0n) is 14.7. The van der Waals surface area contributed by atoms with Gasteiger partial charge in [-0.1, -0.05) is 48.2 Å². The second kappa shape index (κ2) is 6.71. The second-order valence-corrected chi connectivity index (χ2v) is 7.73. The summed E-state index contributed by atoms with van der Waals surface area (Å²) in [5, 5.41) is 0. The number of nitrogens with zero attached hydrogens (tertiary/aromatic N) is 1. The fourth-order valence-electron chi connectivity index (χ4n) is 2.72. The highest BCUT2D eigenvalue weighted by Gasteiger charge is 2.38. The van der Waals surface area contributed by atoms with Crippen LogP contribution in [-0.4, -0.2) is 17.5 Å². The van der Waals surface area contributed by atoms with Gasteiger partial charge in [0.05, 0.1) is 0 Å². The average molecular weight is 295 g/mol. The minimum absolute atomic E-state index is 0.0597. The Balaban J connectivity index is 2.07. The molecule has 118 valence electrons. The fourth-order valence-corrected chi connectivity index (χ4v) is 2.72. The summed E-state index contributed by atoms with van der Waals surface area (Å²) in [5.41, 5.74) is 1.52. The maximum Gasteiger partial charge on any atom is 0.0410 e. The maximum absolute atomic E-state index is 3.26. The Labute approximate surface area is 136 Å². The summed E-state index contributed by atoms with van der Waals surface area (Å²) in [6.07, 6.45) is 6.86. The first-order valence-electron chi connectivity index (χ1n) is 8.31. The Bertz CT molecular complexity index is 559. The molecule has 1 fully saturated rings. The topological polar surface area (TPSA) is 3.24 Å². The Kier molecular flexibility index (Phi) is 5.14. The largest absolute Gasteiger partial charge is 0.288 e. The van der Waals surface area contributed by atoms with Gasteiger partial charge in [0.2, 0.25) is 0 Å². The first-order chi connectivity index (χ1) is 10.3. The second-order valence-electron chi connectivity index (χ2n) is 7.73. The molecule has 1 heteroatoms. The van der Waals surface area contributed by atoms with Crippen LogP contribution in [0.1, 0.15) is 53.0 Å². The molecule has 0 atom stereocenters. The lowest BCUT2D eigenvalue weighted by atomic mass is 9.92. The van der Waals surface area contributed by atoms with Gasteiger partial charge in [-0.3, -0.25) is 4.90 Å². The average Bonchev–Trinajstić information content (AvgIpc) is 3.26. The van der Waals surface area contributed by atoms with Crippen molar-refractivity contribution in [3.05, 3.63) is 48.0 Å². The standard InChI is InChI=1S/C21H29N/c1-20(2,3)16-10-7-11-17-22(19-14-15-19)21(4,5)18-12-8-6-9-13-18/h6-9,11-13,19H,14-15,17H2,1-5H3/b11-7+. The van der Waals surface area contributed by atoms with E-state index in [1.54, 1.807) is 0 Å². The van der Waals surface area contributed by atoms with Crippen LogP contribution in [-0.2, 0) is 5.54 Å². The molecule has 1 saturated carbocycles. The van der Waals surface area contributed by atoms with Crippen LogP contribution in [0.4, 0.5) is 0 Å². The molecule has 1 aliphatic carbocycles. The monoisotopic (exact) mass is 295 g/mol. The van der Waals surface area contributed by atoms with Crippen molar-refractivity contribution in [2.24, 2.45) is 5.41 Å². The van der Waals surface area contributed by atoms with E-state index in [0.717, 1.165) is 12.6 Å². The van der Waals surface area contributed by atoms with E-state index in [1.165, 1.54) is 18.4 Å². The molecule has 0 spiro atoms. The molecule has 0 aromatic heterocycles. The van der Waals surface area contributed by atoms with Gasteiger partial charge in [-0.05, 0) is 59.1 Å². The Hall–Kier alpha value is -1.52. The van der Waals surface area contributed by atoms with Crippen molar-refractivity contribution in [3.63, 3.8) is 0 Å². The van der Waals surface area contributed by atoms with Crippen molar-refractivity contribution in [2.75, 3.05) is 6.54 Å². The summed E-state index contributed by atoms with van der Waals surface area (Å²) >= 11 is 0. The van der Waals surface area contributed by atoms with Gasteiger partial charge in [-0.15, -0.1) is 0 Å². The lowest BCUT2D eigenvalue weighted by Crippen LogP contribution is -2.43. The van der Waals surface area contributed by atoms with Crippen LogP contribution >= 0.6 is 0 Å². The third-order valence-electron chi connectivity index (χ3n) is 4.14. The zero-order valence-corrected chi connectivity index (χ0v) is 14.7. The molecule has 1 aliphatic rings. The summed E-state index contributed by atoms with van der Waals surface area (Å²) in [4.78, 5) is 2.61. The fraction of sp³-hybridized carbons (Fsp3) is 0.524. The Morgan fingerprint density at radius 2 is 1.73 bits per heavy atom. The van der Waals surface area contributed by atoms with E-state index in [4.69, 9.17) is 0 Å². The Morgan fingerprint density at radius 3 is 2.27 bits per heavy atom. The van der Waals surface area contributed by atoms with E-state index in [9.17, 15) is 0 Å². The van der Waals surface area contributed by atoms with Crippen molar-refractivity contribution in [1.82, 2.24) is 4.90 Å². The van der Waals surface area contributed by atoms with Gasteiger partial charge >= 0.3 is 0 Å². The third kappa shape index (κ3) is 4.75. The summed E-state index contributed by atoms with van der Waals surface area (Å²) in [6.45, 7) is 12.0. The lowest BCUT2D eigenvalue weighted by Gasteiger charge is -2.39. The smallest absolute Gasteiger partial charge is 0.0410 e. The first kappa shape index (κ1) is 16.8. The van der Waals surface area contributed by atoms with E-state index in [0.29, 0.717) is 0 Å². The summed E-state index contributed by atoms with van der Waals surface area (Å²) in [5.74, 6) is 6.43. The van der Waals surface area contributed by atoms with Gasteiger partial charge in [-0.2, -0.15) is 0 Å². The highest BCUT2D eigenvalue weighted by molar-refractivity contribution is 5.25. The van der Waals surface area contributed by atoms with Crippen LogP contribution in [0, 0.1) is 17.3 Å². The summed E-state index contributed by atoms with van der Waals surface area (Å²) in [7, 11) is 0. The van der Waals surface area contributed by atoms with Crippen LogP contribution in [0.15, 0.2) is 42.5 Å². The quantitative estimate of drug-likeness (QED) is 0.692. The van der Waals surface area contributed by atoms with Crippen molar-refractivity contribution in [2.45, 2.75) is 59.0 Å². The molecular weight excluding hydrogens is 266 g/mol. The number of benzene rings is 1. The molecule has 1 aromatic carbocycles. The highest BCUT2D eigenvalue weighted by Crippen LogP contribution is 2.37. The minimum atomic E-state index is 0.0597. The molecule has 0 N–H and O–H groups in total. The SMILES string of the molecule is CC(C)(C)C#C/C=C/CN(C1CC1)C(C)(C)c1ccccc1. The van der Waals surface area contributed by atoms with Crippen LogP contribution in [0.2, 0.25) is 0 Å². The molecular formula is C21H29N. The normalized spacial score (nSPS) is 15.9. The van der Waals surface area contributed by atoms with E-state index in [2.05, 4.69) is 87.8 Å². The van der Waals surface area contributed by atoms with Crippen molar-refractivity contribution in [3.8, 4) is 11.8 Å². The van der Waals surface area contributed by atoms with Crippen molar-refractivity contribution < 1.29 is 0 Å². The molecule has 2 rings (SSSR count).